The minimum Gasteiger partial charge on any atom is -0.480 e. The number of carbonyl (C=O) groups excluding carboxylic acids is 3. The van der Waals surface area contributed by atoms with Crippen molar-refractivity contribution in [3.05, 3.63) is 58.8 Å². The normalized spacial score (nSPS) is 20.8. The summed E-state index contributed by atoms with van der Waals surface area (Å²) in [6.07, 6.45) is -5.09. The Bertz CT molecular complexity index is 1130. The van der Waals surface area contributed by atoms with Crippen molar-refractivity contribution in [2.24, 2.45) is 5.92 Å². The van der Waals surface area contributed by atoms with Crippen LogP contribution in [-0.2, 0) is 15.8 Å². The van der Waals surface area contributed by atoms with Crippen molar-refractivity contribution in [3.63, 3.8) is 0 Å². The molecule has 1 fully saturated rings. The second-order valence-corrected chi connectivity index (χ2v) is 7.63. The number of imide groups is 1. The number of hydrogen-bond acceptors (Lipinski definition) is 5. The minimum absolute atomic E-state index is 0.0458. The van der Waals surface area contributed by atoms with Crippen LogP contribution < -0.4 is 4.90 Å². The molecule has 166 valence electrons. The van der Waals surface area contributed by atoms with E-state index in [0.29, 0.717) is 11.0 Å². The van der Waals surface area contributed by atoms with E-state index in [2.05, 4.69) is 4.98 Å². The Hall–Kier alpha value is -3.76. The molecule has 0 saturated carbocycles. The lowest BCUT2D eigenvalue weighted by atomic mass is 9.99. The van der Waals surface area contributed by atoms with Crippen LogP contribution in [0.1, 0.15) is 38.4 Å². The van der Waals surface area contributed by atoms with E-state index in [9.17, 15) is 37.5 Å². The molecular formula is C21H16F3N3O5. The predicted octanol–water partition coefficient (Wildman–Crippen LogP) is 2.51. The van der Waals surface area contributed by atoms with Gasteiger partial charge >= 0.3 is 12.1 Å². The Kier molecular flexibility index (Phi) is 4.99. The van der Waals surface area contributed by atoms with E-state index in [4.69, 9.17) is 0 Å². The maximum Gasteiger partial charge on any atom is 0.416 e. The molecule has 2 aromatic rings. The third kappa shape index (κ3) is 3.49. The highest BCUT2D eigenvalue weighted by Gasteiger charge is 2.49. The van der Waals surface area contributed by atoms with Crippen molar-refractivity contribution < 1.29 is 37.5 Å². The lowest BCUT2D eigenvalue weighted by Gasteiger charge is -2.26. The zero-order valence-corrected chi connectivity index (χ0v) is 16.6. The Balaban J connectivity index is 1.67. The van der Waals surface area contributed by atoms with Crippen molar-refractivity contribution in [2.75, 3.05) is 11.4 Å². The number of rotatable bonds is 4. The summed E-state index contributed by atoms with van der Waals surface area (Å²) in [5.41, 5.74) is -0.780. The standard InChI is InChI=1S/C21H16F3N3O5/c1-10-6-12(21(22,23)24)8-15(25-10)27-16(28)7-11(17(27)20(31)32)9-26-18(29)13-4-2-3-5-14(13)19(26)30/h2-6,8,11,17H,7,9H2,1H3,(H,31,32)/t11?,17-/m0/s1. The molecule has 3 amide bonds. The summed E-state index contributed by atoms with van der Waals surface area (Å²) in [7, 11) is 0. The van der Waals surface area contributed by atoms with E-state index in [1.807, 2.05) is 0 Å². The average Bonchev–Trinajstić information content (AvgIpc) is 3.17. The summed E-state index contributed by atoms with van der Waals surface area (Å²) in [5, 5.41) is 9.78. The molecule has 0 bridgehead atoms. The summed E-state index contributed by atoms with van der Waals surface area (Å²) in [6.45, 7) is 0.925. The fourth-order valence-electron chi connectivity index (χ4n) is 4.12. The molecule has 1 aromatic carbocycles. The average molecular weight is 447 g/mol. The van der Waals surface area contributed by atoms with E-state index >= 15 is 0 Å². The van der Waals surface area contributed by atoms with Gasteiger partial charge in [-0.25, -0.2) is 9.78 Å². The molecule has 4 rings (SSSR count). The molecule has 2 aliphatic rings. The van der Waals surface area contributed by atoms with Gasteiger partial charge in [0.2, 0.25) is 5.91 Å². The first kappa shape index (κ1) is 21.5. The quantitative estimate of drug-likeness (QED) is 0.722. The number of carboxylic acid groups (broad SMARTS) is 1. The molecule has 2 atom stereocenters. The predicted molar refractivity (Wildman–Crippen MR) is 103 cm³/mol. The van der Waals surface area contributed by atoms with Crippen LogP contribution in [0.5, 0.6) is 0 Å². The Labute approximate surface area is 179 Å². The van der Waals surface area contributed by atoms with Gasteiger partial charge < -0.3 is 5.11 Å². The third-order valence-electron chi connectivity index (χ3n) is 5.49. The number of carboxylic acids is 1. The van der Waals surface area contributed by atoms with Crippen LogP contribution in [0.2, 0.25) is 0 Å². The lowest BCUT2D eigenvalue weighted by Crippen LogP contribution is -2.46. The van der Waals surface area contributed by atoms with Gasteiger partial charge in [-0.2, -0.15) is 13.2 Å². The summed E-state index contributed by atoms with van der Waals surface area (Å²) in [5.74, 6) is -4.94. The molecule has 3 heterocycles. The molecule has 0 aliphatic carbocycles. The third-order valence-corrected chi connectivity index (χ3v) is 5.49. The first-order valence-electron chi connectivity index (χ1n) is 9.55. The Morgan fingerprint density at radius 2 is 1.72 bits per heavy atom. The largest absolute Gasteiger partial charge is 0.480 e. The number of anilines is 1. The molecule has 1 unspecified atom stereocenters. The van der Waals surface area contributed by atoms with Crippen molar-refractivity contribution in [1.29, 1.82) is 0 Å². The van der Waals surface area contributed by atoms with Crippen LogP contribution in [0, 0.1) is 12.8 Å². The van der Waals surface area contributed by atoms with Gasteiger partial charge in [-0.15, -0.1) is 0 Å². The molecule has 2 aliphatic heterocycles. The van der Waals surface area contributed by atoms with Gasteiger partial charge in [0.25, 0.3) is 11.8 Å². The second-order valence-electron chi connectivity index (χ2n) is 7.63. The highest BCUT2D eigenvalue weighted by atomic mass is 19.4. The van der Waals surface area contributed by atoms with Crippen LogP contribution in [0.3, 0.4) is 0 Å². The van der Waals surface area contributed by atoms with Crippen molar-refractivity contribution in [3.8, 4) is 0 Å². The van der Waals surface area contributed by atoms with Crippen molar-refractivity contribution >= 4 is 29.5 Å². The number of aliphatic carboxylic acids is 1. The highest BCUT2D eigenvalue weighted by Crippen LogP contribution is 2.36. The van der Waals surface area contributed by atoms with E-state index in [1.165, 1.54) is 19.1 Å². The summed E-state index contributed by atoms with van der Waals surface area (Å²) in [6, 6.07) is 5.90. The van der Waals surface area contributed by atoms with Gasteiger partial charge in [0.15, 0.2) is 0 Å². The number of halogens is 3. The number of pyridine rings is 1. The molecule has 1 N–H and O–H groups in total. The van der Waals surface area contributed by atoms with Crippen molar-refractivity contribution in [2.45, 2.75) is 25.6 Å². The smallest absolute Gasteiger partial charge is 0.416 e. The summed E-state index contributed by atoms with van der Waals surface area (Å²) in [4.78, 5) is 55.5. The number of benzene rings is 1. The Morgan fingerprint density at radius 3 is 2.25 bits per heavy atom. The molecule has 32 heavy (non-hydrogen) atoms. The number of aromatic nitrogens is 1. The Morgan fingerprint density at radius 1 is 1.12 bits per heavy atom. The van der Waals surface area contributed by atoms with E-state index in [1.54, 1.807) is 12.1 Å². The van der Waals surface area contributed by atoms with Crippen LogP contribution >= 0.6 is 0 Å². The van der Waals surface area contributed by atoms with E-state index < -0.39 is 53.2 Å². The van der Waals surface area contributed by atoms with Gasteiger partial charge in [0.05, 0.1) is 16.7 Å². The van der Waals surface area contributed by atoms with Crippen LogP contribution in [0.25, 0.3) is 0 Å². The first-order chi connectivity index (χ1) is 15.0. The molecule has 11 heteroatoms. The highest BCUT2D eigenvalue weighted by molar-refractivity contribution is 6.21. The first-order valence-corrected chi connectivity index (χ1v) is 9.55. The van der Waals surface area contributed by atoms with Gasteiger partial charge in [0.1, 0.15) is 11.9 Å². The van der Waals surface area contributed by atoms with Crippen LogP contribution in [0.4, 0.5) is 19.0 Å². The number of fused-ring (bicyclic) bond motifs is 1. The molecule has 0 radical (unpaired) electrons. The molecule has 0 spiro atoms. The molecule has 1 saturated heterocycles. The van der Waals surface area contributed by atoms with Gasteiger partial charge in [-0.1, -0.05) is 12.1 Å². The maximum atomic E-state index is 13.2. The number of alkyl halides is 3. The van der Waals surface area contributed by atoms with E-state index in [-0.39, 0.29) is 29.8 Å². The SMILES string of the molecule is Cc1cc(C(F)(F)F)cc(N2C(=O)CC(CN3C(=O)c4ccccc4C3=O)[C@H]2C(=O)O)n1. The molecule has 8 nitrogen and oxygen atoms in total. The summed E-state index contributed by atoms with van der Waals surface area (Å²) < 4.78 is 39.7. The van der Waals surface area contributed by atoms with Crippen LogP contribution in [0.15, 0.2) is 36.4 Å². The summed E-state index contributed by atoms with van der Waals surface area (Å²) >= 11 is 0. The van der Waals surface area contributed by atoms with E-state index in [0.717, 1.165) is 11.0 Å². The fourth-order valence-corrected chi connectivity index (χ4v) is 4.12. The fraction of sp³-hybridized carbons (Fsp3) is 0.286. The molecule has 1 aromatic heterocycles. The number of aryl methyl sites for hydroxylation is 1. The van der Waals surface area contributed by atoms with Crippen molar-refractivity contribution in [1.82, 2.24) is 9.88 Å². The number of amides is 3. The number of hydrogen-bond donors (Lipinski definition) is 1. The number of nitrogens with zero attached hydrogens (tertiary/aromatic N) is 3. The zero-order valence-electron chi connectivity index (χ0n) is 16.6. The second kappa shape index (κ2) is 7.43. The van der Waals surface area contributed by atoms with Gasteiger partial charge in [-0.3, -0.25) is 24.2 Å². The van der Waals surface area contributed by atoms with Gasteiger partial charge in [-0.05, 0) is 31.2 Å². The lowest BCUT2D eigenvalue weighted by molar-refractivity contribution is -0.139. The number of carbonyl (C=O) groups is 4. The monoisotopic (exact) mass is 447 g/mol. The molecular weight excluding hydrogens is 431 g/mol. The van der Waals surface area contributed by atoms with Gasteiger partial charge in [0, 0.05) is 24.6 Å². The van der Waals surface area contributed by atoms with Crippen LogP contribution in [-0.4, -0.2) is 51.3 Å². The maximum absolute atomic E-state index is 13.2. The zero-order chi connectivity index (χ0) is 23.4. The topological polar surface area (TPSA) is 108 Å². The minimum atomic E-state index is -4.72.